The Bertz CT molecular complexity index is 985. The van der Waals surface area contributed by atoms with Crippen molar-refractivity contribution in [3.8, 4) is 0 Å². The normalized spacial score (nSPS) is 10.7. The zero-order chi connectivity index (χ0) is 16.6. The molecule has 23 heavy (non-hydrogen) atoms. The van der Waals surface area contributed by atoms with E-state index in [2.05, 4.69) is 10.3 Å². The van der Waals surface area contributed by atoms with E-state index in [1.807, 2.05) is 0 Å². The number of pyridine rings is 1. The number of carbonyl (C=O) groups is 1. The minimum absolute atomic E-state index is 0.0370. The van der Waals surface area contributed by atoms with Crippen molar-refractivity contribution in [3.63, 3.8) is 0 Å². The maximum Gasteiger partial charge on any atom is 0.256 e. The van der Waals surface area contributed by atoms with Crippen LogP contribution >= 0.6 is 11.6 Å². The van der Waals surface area contributed by atoms with E-state index in [-0.39, 0.29) is 11.3 Å². The third-order valence-corrected chi connectivity index (χ3v) is 3.46. The van der Waals surface area contributed by atoms with Crippen LogP contribution in [0.4, 0.5) is 14.5 Å². The number of amides is 1. The van der Waals surface area contributed by atoms with Gasteiger partial charge in [0.1, 0.15) is 11.6 Å². The Balaban J connectivity index is 2.07. The van der Waals surface area contributed by atoms with Crippen LogP contribution in [-0.2, 0) is 0 Å². The van der Waals surface area contributed by atoms with E-state index in [0.717, 1.165) is 18.2 Å². The van der Waals surface area contributed by atoms with Crippen LogP contribution in [0.2, 0.25) is 5.02 Å². The lowest BCUT2D eigenvalue weighted by Crippen LogP contribution is -2.17. The first kappa shape index (κ1) is 15.2. The maximum atomic E-state index is 13.6. The zero-order valence-electron chi connectivity index (χ0n) is 11.5. The summed E-state index contributed by atoms with van der Waals surface area (Å²) in [5, 5.41) is 3.11. The number of carbonyl (C=O) groups excluding carboxylic acids is 1. The number of fused-ring (bicyclic) bond motifs is 1. The van der Waals surface area contributed by atoms with E-state index in [9.17, 15) is 18.4 Å². The number of anilines is 1. The van der Waals surface area contributed by atoms with Gasteiger partial charge in [-0.2, -0.15) is 0 Å². The van der Waals surface area contributed by atoms with Crippen LogP contribution < -0.4 is 10.9 Å². The van der Waals surface area contributed by atoms with Crippen molar-refractivity contribution < 1.29 is 13.6 Å². The number of H-pyrrole nitrogens is 1. The van der Waals surface area contributed by atoms with Crippen LogP contribution in [0.15, 0.2) is 47.3 Å². The van der Waals surface area contributed by atoms with Crippen LogP contribution in [0, 0.1) is 11.6 Å². The molecule has 2 N–H and O–H groups in total. The number of rotatable bonds is 2. The molecule has 2 aromatic carbocycles. The third-order valence-electron chi connectivity index (χ3n) is 3.23. The molecule has 0 fully saturated rings. The van der Waals surface area contributed by atoms with Crippen LogP contribution in [-0.4, -0.2) is 10.9 Å². The second kappa shape index (κ2) is 5.81. The molecular weight excluding hydrogens is 326 g/mol. The summed E-state index contributed by atoms with van der Waals surface area (Å²) in [6, 6.07) is 8.52. The van der Waals surface area contributed by atoms with Gasteiger partial charge in [0.15, 0.2) is 0 Å². The summed E-state index contributed by atoms with van der Waals surface area (Å²) in [6.07, 6.45) is 0. The Hall–Kier alpha value is -2.73. The van der Waals surface area contributed by atoms with Crippen molar-refractivity contribution in [1.29, 1.82) is 0 Å². The molecule has 7 heteroatoms. The van der Waals surface area contributed by atoms with Crippen LogP contribution in [0.5, 0.6) is 0 Å². The molecule has 0 saturated carbocycles. The molecule has 3 aromatic rings. The van der Waals surface area contributed by atoms with Crippen molar-refractivity contribution in [1.82, 2.24) is 4.98 Å². The second-order valence-corrected chi connectivity index (χ2v) is 5.25. The average molecular weight is 335 g/mol. The molecule has 0 aliphatic carbocycles. The van der Waals surface area contributed by atoms with Crippen molar-refractivity contribution in [2.75, 3.05) is 5.32 Å². The Morgan fingerprint density at radius 1 is 1.09 bits per heavy atom. The first-order valence-electron chi connectivity index (χ1n) is 6.53. The van der Waals surface area contributed by atoms with Crippen molar-refractivity contribution in [2.45, 2.75) is 0 Å². The summed E-state index contributed by atoms with van der Waals surface area (Å²) < 4.78 is 26.5. The highest BCUT2D eigenvalue weighted by Gasteiger charge is 2.14. The van der Waals surface area contributed by atoms with Crippen molar-refractivity contribution in [3.05, 3.63) is 75.0 Å². The number of nitrogens with one attached hydrogen (secondary N) is 2. The topological polar surface area (TPSA) is 62.0 Å². The van der Waals surface area contributed by atoms with Crippen molar-refractivity contribution >= 4 is 34.1 Å². The van der Waals surface area contributed by atoms with Gasteiger partial charge < -0.3 is 10.3 Å². The standard InChI is InChI=1S/C16H9ClF2N2O2/c17-8-1-3-13-10(5-8)11(7-15(22)20-13)16(23)21-14-4-2-9(18)6-12(14)19/h1-7H,(H,20,22)(H,21,23). The molecular formula is C16H9ClF2N2O2. The zero-order valence-corrected chi connectivity index (χ0v) is 12.2. The molecule has 1 aromatic heterocycles. The molecule has 0 spiro atoms. The summed E-state index contributed by atoms with van der Waals surface area (Å²) in [4.78, 5) is 26.6. The molecule has 116 valence electrons. The summed E-state index contributed by atoms with van der Waals surface area (Å²) in [7, 11) is 0. The maximum absolute atomic E-state index is 13.6. The molecule has 1 heterocycles. The Morgan fingerprint density at radius 2 is 1.87 bits per heavy atom. The first-order chi connectivity index (χ1) is 10.9. The van der Waals surface area contributed by atoms with Gasteiger partial charge in [0.2, 0.25) is 5.56 Å². The highest BCUT2D eigenvalue weighted by molar-refractivity contribution is 6.31. The van der Waals surface area contributed by atoms with E-state index >= 15 is 0 Å². The largest absolute Gasteiger partial charge is 0.322 e. The Morgan fingerprint density at radius 3 is 2.61 bits per heavy atom. The second-order valence-electron chi connectivity index (χ2n) is 4.82. The van der Waals surface area contributed by atoms with Gasteiger partial charge in [-0.1, -0.05) is 11.6 Å². The lowest BCUT2D eigenvalue weighted by molar-refractivity contribution is 0.102. The molecule has 0 aliphatic rings. The molecule has 0 bridgehead atoms. The third kappa shape index (κ3) is 3.07. The quantitative estimate of drug-likeness (QED) is 0.750. The fraction of sp³-hybridized carbons (Fsp3) is 0. The highest BCUT2D eigenvalue weighted by atomic mass is 35.5. The van der Waals surface area contributed by atoms with E-state index in [4.69, 9.17) is 11.6 Å². The summed E-state index contributed by atoms with van der Waals surface area (Å²) in [5.41, 5.74) is -0.210. The fourth-order valence-electron chi connectivity index (χ4n) is 2.19. The van der Waals surface area contributed by atoms with E-state index in [1.54, 1.807) is 12.1 Å². The fourth-order valence-corrected chi connectivity index (χ4v) is 2.37. The minimum Gasteiger partial charge on any atom is -0.322 e. The molecule has 0 atom stereocenters. The number of halogens is 3. The van der Waals surface area contributed by atoms with Gasteiger partial charge in [-0.25, -0.2) is 8.78 Å². The van der Waals surface area contributed by atoms with Gasteiger partial charge in [0, 0.05) is 28.1 Å². The lowest BCUT2D eigenvalue weighted by atomic mass is 10.1. The van der Waals surface area contributed by atoms with Gasteiger partial charge >= 0.3 is 0 Å². The predicted molar refractivity (Wildman–Crippen MR) is 83.9 cm³/mol. The van der Waals surface area contributed by atoms with Gasteiger partial charge in [-0.3, -0.25) is 9.59 Å². The van der Waals surface area contributed by atoms with Gasteiger partial charge in [-0.15, -0.1) is 0 Å². The Labute approximate surface area is 133 Å². The molecule has 4 nitrogen and oxygen atoms in total. The lowest BCUT2D eigenvalue weighted by Gasteiger charge is -2.09. The van der Waals surface area contributed by atoms with Crippen LogP contribution in [0.25, 0.3) is 10.9 Å². The van der Waals surface area contributed by atoms with Gasteiger partial charge in [-0.05, 0) is 30.3 Å². The Kier molecular flexibility index (Phi) is 3.83. The predicted octanol–water partition coefficient (Wildman–Crippen LogP) is 3.71. The first-order valence-corrected chi connectivity index (χ1v) is 6.91. The number of aromatic nitrogens is 1. The number of aromatic amines is 1. The highest BCUT2D eigenvalue weighted by Crippen LogP contribution is 2.22. The molecule has 0 aliphatic heterocycles. The SMILES string of the molecule is O=C(Nc1ccc(F)cc1F)c1cc(=O)[nH]c2ccc(Cl)cc12. The van der Waals surface area contributed by atoms with Crippen LogP contribution in [0.1, 0.15) is 10.4 Å². The summed E-state index contributed by atoms with van der Waals surface area (Å²) >= 11 is 5.91. The molecule has 0 radical (unpaired) electrons. The molecule has 1 amide bonds. The molecule has 3 rings (SSSR count). The number of hydrogen-bond donors (Lipinski definition) is 2. The van der Waals surface area contributed by atoms with Crippen LogP contribution in [0.3, 0.4) is 0 Å². The number of hydrogen-bond acceptors (Lipinski definition) is 2. The van der Waals surface area contributed by atoms with Gasteiger partial charge in [0.25, 0.3) is 5.91 Å². The summed E-state index contributed by atoms with van der Waals surface area (Å²) in [6.45, 7) is 0. The average Bonchev–Trinajstić information content (AvgIpc) is 2.49. The monoisotopic (exact) mass is 334 g/mol. The van der Waals surface area contributed by atoms with Gasteiger partial charge in [0.05, 0.1) is 11.3 Å². The number of benzene rings is 2. The molecule has 0 saturated heterocycles. The van der Waals surface area contributed by atoms with E-state index < -0.39 is 23.1 Å². The van der Waals surface area contributed by atoms with E-state index in [0.29, 0.717) is 22.0 Å². The minimum atomic E-state index is -0.912. The van der Waals surface area contributed by atoms with E-state index in [1.165, 1.54) is 6.07 Å². The van der Waals surface area contributed by atoms with Crippen molar-refractivity contribution in [2.24, 2.45) is 0 Å². The summed E-state index contributed by atoms with van der Waals surface area (Å²) in [5.74, 6) is -2.37. The smallest absolute Gasteiger partial charge is 0.256 e. The molecule has 0 unspecified atom stereocenters.